The predicted octanol–water partition coefficient (Wildman–Crippen LogP) is 1.84. The molecule has 1 unspecified atom stereocenters. The Morgan fingerprint density at radius 1 is 1.42 bits per heavy atom. The molecule has 0 aliphatic rings. The Hall–Kier alpha value is -1.62. The zero-order chi connectivity index (χ0) is 14.6. The van der Waals surface area contributed by atoms with Crippen molar-refractivity contribution < 1.29 is 14.3 Å². The second-order valence-electron chi connectivity index (χ2n) is 4.97. The number of nitrogens with one attached hydrogen (secondary N) is 1. The Labute approximate surface area is 113 Å². The number of halogens is 1. The predicted molar refractivity (Wildman–Crippen MR) is 73.6 cm³/mol. The summed E-state index contributed by atoms with van der Waals surface area (Å²) in [5.41, 5.74) is 0.851. The molecule has 1 amide bonds. The smallest absolute Gasteiger partial charge is 0.239 e. The minimum atomic E-state index is -0.710. The molecule has 1 aromatic rings. The quantitative estimate of drug-likeness (QED) is 0.856. The van der Waals surface area contributed by atoms with Gasteiger partial charge in [-0.15, -0.1) is 0 Å². The van der Waals surface area contributed by atoms with Crippen LogP contribution in [0.1, 0.15) is 32.4 Å². The summed E-state index contributed by atoms with van der Waals surface area (Å²) in [7, 11) is 1.65. The summed E-state index contributed by atoms with van der Waals surface area (Å²) in [4.78, 5) is 13.1. The number of nitrogens with zero attached hydrogens (tertiary/aromatic N) is 1. The molecule has 1 rings (SSSR count). The molecule has 4 nitrogen and oxygen atoms in total. The first-order valence-corrected chi connectivity index (χ1v) is 6.29. The zero-order valence-electron chi connectivity index (χ0n) is 11.8. The number of anilines is 1. The molecule has 0 aliphatic carbocycles. The Balaban J connectivity index is 2.77. The maximum Gasteiger partial charge on any atom is 0.239 e. The van der Waals surface area contributed by atoms with Gasteiger partial charge in [0.2, 0.25) is 5.91 Å². The fraction of sp³-hybridized carbons (Fsp3) is 0.500. The minimum Gasteiger partial charge on any atom is -0.389 e. The van der Waals surface area contributed by atoms with E-state index in [-0.39, 0.29) is 18.5 Å². The van der Waals surface area contributed by atoms with Crippen molar-refractivity contribution in [2.24, 2.45) is 0 Å². The summed E-state index contributed by atoms with van der Waals surface area (Å²) in [6.07, 6.45) is -0.710. The van der Waals surface area contributed by atoms with E-state index in [0.717, 1.165) is 0 Å². The summed E-state index contributed by atoms with van der Waals surface area (Å²) in [6.45, 7) is 5.41. The number of hydrogen-bond acceptors (Lipinski definition) is 3. The van der Waals surface area contributed by atoms with Crippen LogP contribution in [-0.2, 0) is 4.79 Å². The first-order valence-electron chi connectivity index (χ1n) is 6.29. The van der Waals surface area contributed by atoms with E-state index in [0.29, 0.717) is 11.3 Å². The fourth-order valence-corrected chi connectivity index (χ4v) is 1.76. The summed E-state index contributed by atoms with van der Waals surface area (Å²) >= 11 is 0. The van der Waals surface area contributed by atoms with Crippen LogP contribution in [0, 0.1) is 5.82 Å². The van der Waals surface area contributed by atoms with E-state index in [1.807, 2.05) is 13.8 Å². The van der Waals surface area contributed by atoms with Gasteiger partial charge in [-0.2, -0.15) is 0 Å². The van der Waals surface area contributed by atoms with Gasteiger partial charge in [0.25, 0.3) is 0 Å². The first kappa shape index (κ1) is 15.4. The average Bonchev–Trinajstić information content (AvgIpc) is 2.26. The molecule has 0 heterocycles. The van der Waals surface area contributed by atoms with Gasteiger partial charge in [0.05, 0.1) is 18.3 Å². The molecule has 0 saturated carbocycles. The second kappa shape index (κ2) is 6.52. The zero-order valence-corrected chi connectivity index (χ0v) is 11.8. The number of likely N-dealkylation sites (N-methyl/N-ethyl adjacent to an activating group) is 1. The van der Waals surface area contributed by atoms with E-state index in [1.54, 1.807) is 31.0 Å². The van der Waals surface area contributed by atoms with Crippen LogP contribution in [0.2, 0.25) is 0 Å². The molecule has 5 heteroatoms. The lowest BCUT2D eigenvalue weighted by atomic mass is 10.1. The molecule has 106 valence electrons. The van der Waals surface area contributed by atoms with Gasteiger partial charge in [-0.3, -0.25) is 4.79 Å². The minimum absolute atomic E-state index is 0.0587. The number of amides is 1. The highest BCUT2D eigenvalue weighted by atomic mass is 19.1. The third-order valence-electron chi connectivity index (χ3n) is 2.70. The molecule has 0 bridgehead atoms. The van der Waals surface area contributed by atoms with Crippen LogP contribution < -0.4 is 10.2 Å². The molecule has 0 aliphatic heterocycles. The highest BCUT2D eigenvalue weighted by Crippen LogP contribution is 2.22. The molecule has 0 fully saturated rings. The molecule has 19 heavy (non-hydrogen) atoms. The van der Waals surface area contributed by atoms with Gasteiger partial charge < -0.3 is 15.3 Å². The largest absolute Gasteiger partial charge is 0.389 e. The molecular formula is C14H21FN2O2. The second-order valence-corrected chi connectivity index (χ2v) is 4.97. The lowest BCUT2D eigenvalue weighted by Gasteiger charge is -2.21. The van der Waals surface area contributed by atoms with E-state index in [2.05, 4.69) is 5.32 Å². The average molecular weight is 268 g/mol. The molecule has 1 aromatic carbocycles. The van der Waals surface area contributed by atoms with Gasteiger partial charge in [-0.25, -0.2) is 4.39 Å². The summed E-state index contributed by atoms with van der Waals surface area (Å²) in [6, 6.07) is 4.57. The van der Waals surface area contributed by atoms with E-state index in [1.165, 1.54) is 6.07 Å². The van der Waals surface area contributed by atoms with Crippen LogP contribution in [0.4, 0.5) is 10.1 Å². The number of aliphatic hydroxyl groups is 1. The van der Waals surface area contributed by atoms with Gasteiger partial charge >= 0.3 is 0 Å². The molecule has 0 aromatic heterocycles. The summed E-state index contributed by atoms with van der Waals surface area (Å²) < 4.78 is 13.9. The number of rotatable bonds is 5. The number of aliphatic hydroxyl groups excluding tert-OH is 1. The van der Waals surface area contributed by atoms with Crippen LogP contribution >= 0.6 is 0 Å². The molecule has 1 atom stereocenters. The molecule has 0 spiro atoms. The van der Waals surface area contributed by atoms with Crippen LogP contribution in [-0.4, -0.2) is 30.6 Å². The van der Waals surface area contributed by atoms with Crippen molar-refractivity contribution in [3.8, 4) is 0 Å². The normalized spacial score (nSPS) is 12.4. The summed E-state index contributed by atoms with van der Waals surface area (Å²) in [5, 5.41) is 12.1. The monoisotopic (exact) mass is 268 g/mol. The maximum absolute atomic E-state index is 13.9. The molecule has 0 radical (unpaired) electrons. The van der Waals surface area contributed by atoms with Crippen LogP contribution in [0.5, 0.6) is 0 Å². The number of carbonyl (C=O) groups is 1. The van der Waals surface area contributed by atoms with Crippen LogP contribution in [0.3, 0.4) is 0 Å². The van der Waals surface area contributed by atoms with Crippen molar-refractivity contribution in [3.05, 3.63) is 29.6 Å². The van der Waals surface area contributed by atoms with Crippen LogP contribution in [0.15, 0.2) is 18.2 Å². The number of carbonyl (C=O) groups excluding carboxylic acids is 1. The topological polar surface area (TPSA) is 52.6 Å². The summed E-state index contributed by atoms with van der Waals surface area (Å²) in [5.74, 6) is -0.602. The third-order valence-corrected chi connectivity index (χ3v) is 2.70. The van der Waals surface area contributed by atoms with Crippen molar-refractivity contribution in [2.45, 2.75) is 32.9 Å². The lowest BCUT2D eigenvalue weighted by Crippen LogP contribution is -2.38. The van der Waals surface area contributed by atoms with Gasteiger partial charge in [0.1, 0.15) is 5.82 Å². The Kier molecular flexibility index (Phi) is 5.30. The van der Waals surface area contributed by atoms with Gasteiger partial charge in [-0.1, -0.05) is 6.07 Å². The highest BCUT2D eigenvalue weighted by Gasteiger charge is 2.13. The van der Waals surface area contributed by atoms with Crippen molar-refractivity contribution in [3.63, 3.8) is 0 Å². The Morgan fingerprint density at radius 2 is 2.05 bits per heavy atom. The van der Waals surface area contributed by atoms with Crippen molar-refractivity contribution in [2.75, 3.05) is 18.5 Å². The van der Waals surface area contributed by atoms with Gasteiger partial charge in [-0.05, 0) is 38.5 Å². The van der Waals surface area contributed by atoms with Gasteiger partial charge in [0.15, 0.2) is 0 Å². The van der Waals surface area contributed by atoms with E-state index >= 15 is 0 Å². The van der Waals surface area contributed by atoms with E-state index in [9.17, 15) is 14.3 Å². The van der Waals surface area contributed by atoms with E-state index < -0.39 is 11.9 Å². The third kappa shape index (κ3) is 4.52. The molecule has 2 N–H and O–H groups in total. The van der Waals surface area contributed by atoms with Crippen molar-refractivity contribution in [1.29, 1.82) is 0 Å². The first-order chi connectivity index (χ1) is 8.81. The Morgan fingerprint density at radius 3 is 2.53 bits per heavy atom. The molecule has 0 saturated heterocycles. The van der Waals surface area contributed by atoms with Crippen molar-refractivity contribution in [1.82, 2.24) is 5.32 Å². The fourth-order valence-electron chi connectivity index (χ4n) is 1.76. The Bertz CT molecular complexity index is 447. The lowest BCUT2D eigenvalue weighted by molar-refractivity contribution is -0.120. The van der Waals surface area contributed by atoms with E-state index in [4.69, 9.17) is 0 Å². The standard InChI is InChI=1S/C14H21FN2O2/c1-9(2)16-14(19)8-17(4)13-6-5-11(10(3)18)7-12(13)15/h5-7,9-10,18H,8H2,1-4H3,(H,16,19). The number of benzene rings is 1. The van der Waals surface area contributed by atoms with Gasteiger partial charge in [0, 0.05) is 13.1 Å². The molecular weight excluding hydrogens is 247 g/mol. The van der Waals surface area contributed by atoms with Crippen molar-refractivity contribution >= 4 is 11.6 Å². The number of hydrogen-bond donors (Lipinski definition) is 2. The SMILES string of the molecule is CC(C)NC(=O)CN(C)c1ccc(C(C)O)cc1F. The highest BCUT2D eigenvalue weighted by molar-refractivity contribution is 5.81. The maximum atomic E-state index is 13.9. The van der Waals surface area contributed by atoms with Crippen LogP contribution in [0.25, 0.3) is 0 Å².